The number of fused-ring (bicyclic) bond motifs is 1. The normalized spacial score (nSPS) is 13.3. The molecule has 0 spiro atoms. The van der Waals surface area contributed by atoms with E-state index in [0.29, 0.717) is 18.2 Å². The van der Waals surface area contributed by atoms with Crippen LogP contribution in [0.3, 0.4) is 0 Å². The van der Waals surface area contributed by atoms with Gasteiger partial charge in [0.05, 0.1) is 31.2 Å². The van der Waals surface area contributed by atoms with Gasteiger partial charge in [0.25, 0.3) is 5.91 Å². The third-order valence-electron chi connectivity index (χ3n) is 6.09. The fourth-order valence-corrected chi connectivity index (χ4v) is 4.10. The predicted octanol–water partition coefficient (Wildman–Crippen LogP) is 1.90. The topological polar surface area (TPSA) is 130 Å². The molecule has 36 heavy (non-hydrogen) atoms. The maximum Gasteiger partial charge on any atom is 0.273 e. The number of nitrogens with zero attached hydrogens (tertiary/aromatic N) is 9. The molecule has 0 aliphatic heterocycles. The quantitative estimate of drug-likeness (QED) is 0.351. The molecule has 0 unspecified atom stereocenters. The first-order valence-electron chi connectivity index (χ1n) is 11.3. The van der Waals surface area contributed by atoms with Gasteiger partial charge in [-0.3, -0.25) is 4.79 Å². The maximum absolute atomic E-state index is 15.0. The smallest absolute Gasteiger partial charge is 0.273 e. The molecular weight excluding hydrogens is 467 g/mol. The van der Waals surface area contributed by atoms with Gasteiger partial charge in [0.1, 0.15) is 12.0 Å². The summed E-state index contributed by atoms with van der Waals surface area (Å²) >= 11 is 0. The van der Waals surface area contributed by atoms with Crippen LogP contribution >= 0.6 is 0 Å². The molecule has 1 saturated carbocycles. The van der Waals surface area contributed by atoms with Crippen molar-refractivity contribution in [2.45, 2.75) is 31.8 Å². The molecule has 1 aromatic carbocycles. The Morgan fingerprint density at radius 3 is 2.83 bits per heavy atom. The molecule has 4 heterocycles. The number of aromatic nitrogens is 9. The number of tetrazole rings is 1. The van der Waals surface area contributed by atoms with Crippen molar-refractivity contribution in [3.8, 4) is 11.4 Å². The number of methoxy groups -OCH3 is 1. The van der Waals surface area contributed by atoms with Crippen molar-refractivity contribution in [2.75, 3.05) is 7.11 Å². The van der Waals surface area contributed by atoms with Crippen molar-refractivity contribution >= 4 is 11.6 Å². The Kier molecular flexibility index (Phi) is 5.36. The summed E-state index contributed by atoms with van der Waals surface area (Å²) in [6.07, 6.45) is 9.41. The molecule has 12 nitrogen and oxygen atoms in total. The number of amides is 1. The fourth-order valence-electron chi connectivity index (χ4n) is 4.10. The van der Waals surface area contributed by atoms with E-state index in [2.05, 4.69) is 48.4 Å². The van der Waals surface area contributed by atoms with Gasteiger partial charge in [-0.25, -0.2) is 18.7 Å². The van der Waals surface area contributed by atoms with Gasteiger partial charge in [0.15, 0.2) is 17.3 Å². The molecule has 1 fully saturated rings. The Morgan fingerprint density at radius 2 is 2.06 bits per heavy atom. The van der Waals surface area contributed by atoms with E-state index in [4.69, 9.17) is 4.74 Å². The van der Waals surface area contributed by atoms with Gasteiger partial charge in [0, 0.05) is 24.5 Å². The number of rotatable bonds is 8. The van der Waals surface area contributed by atoms with Crippen molar-refractivity contribution in [1.82, 2.24) is 49.9 Å². The highest BCUT2D eigenvalue weighted by atomic mass is 19.1. The van der Waals surface area contributed by atoms with Gasteiger partial charge < -0.3 is 14.5 Å². The lowest BCUT2D eigenvalue weighted by Gasteiger charge is -2.13. The van der Waals surface area contributed by atoms with Crippen molar-refractivity contribution in [3.05, 3.63) is 77.5 Å². The van der Waals surface area contributed by atoms with E-state index in [-0.39, 0.29) is 23.6 Å². The number of hydrogen-bond donors (Lipinski definition) is 1. The molecule has 1 aliphatic rings. The number of hydrogen-bond acceptors (Lipinski definition) is 8. The lowest BCUT2D eigenvalue weighted by atomic mass is 10.1. The third kappa shape index (κ3) is 4.15. The molecule has 182 valence electrons. The van der Waals surface area contributed by atoms with Crippen molar-refractivity contribution < 1.29 is 13.9 Å². The number of halogens is 1. The molecule has 1 amide bonds. The summed E-state index contributed by atoms with van der Waals surface area (Å²) in [6, 6.07) is 7.21. The van der Waals surface area contributed by atoms with Crippen molar-refractivity contribution in [2.24, 2.45) is 0 Å². The number of imidazole rings is 1. The average Bonchev–Trinajstić information content (AvgIpc) is 3.24. The second-order valence-corrected chi connectivity index (χ2v) is 8.55. The predicted molar refractivity (Wildman–Crippen MR) is 123 cm³/mol. The first-order chi connectivity index (χ1) is 17.6. The van der Waals surface area contributed by atoms with Crippen LogP contribution in [-0.4, -0.2) is 57.6 Å². The summed E-state index contributed by atoms with van der Waals surface area (Å²) in [6.45, 7) is 0.217. The van der Waals surface area contributed by atoms with Crippen LogP contribution in [0.2, 0.25) is 0 Å². The van der Waals surface area contributed by atoms with Crippen LogP contribution < -0.4 is 10.1 Å². The molecule has 1 aliphatic carbocycles. The van der Waals surface area contributed by atoms with Gasteiger partial charge in [-0.15, -0.1) is 10.2 Å². The monoisotopic (exact) mass is 488 g/mol. The summed E-state index contributed by atoms with van der Waals surface area (Å²) in [4.78, 5) is 17.4. The fraction of sp³-hybridized carbons (Fsp3) is 0.261. The number of ether oxygens (including phenoxy) is 1. The molecule has 13 heteroatoms. The third-order valence-corrected chi connectivity index (χ3v) is 6.09. The van der Waals surface area contributed by atoms with Crippen LogP contribution in [0, 0.1) is 5.82 Å². The van der Waals surface area contributed by atoms with E-state index < -0.39 is 11.7 Å². The SMILES string of the molecule is COc1ccc(-n2cnnn2)c(CNC(=O)c2cn(Cc3cn4cc(C5CC5)ccc4n3)nn2)c1F. The minimum atomic E-state index is -0.619. The summed E-state index contributed by atoms with van der Waals surface area (Å²) < 4.78 is 24.9. The highest BCUT2D eigenvalue weighted by molar-refractivity contribution is 5.91. The Bertz CT molecular complexity index is 1550. The van der Waals surface area contributed by atoms with Crippen LogP contribution in [-0.2, 0) is 13.1 Å². The van der Waals surface area contributed by atoms with E-state index in [1.165, 1.54) is 53.5 Å². The van der Waals surface area contributed by atoms with Crippen LogP contribution in [0.25, 0.3) is 11.3 Å². The minimum Gasteiger partial charge on any atom is -0.494 e. The summed E-state index contributed by atoms with van der Waals surface area (Å²) in [5, 5.41) is 21.7. The van der Waals surface area contributed by atoms with Crippen LogP contribution in [0.4, 0.5) is 4.39 Å². The molecule has 4 aromatic heterocycles. The van der Waals surface area contributed by atoms with Crippen molar-refractivity contribution in [3.63, 3.8) is 0 Å². The molecule has 0 atom stereocenters. The van der Waals surface area contributed by atoms with Gasteiger partial charge >= 0.3 is 0 Å². The number of nitrogens with one attached hydrogen (secondary N) is 1. The Morgan fingerprint density at radius 1 is 1.17 bits per heavy atom. The molecule has 1 N–H and O–H groups in total. The lowest BCUT2D eigenvalue weighted by molar-refractivity contribution is 0.0945. The minimum absolute atomic E-state index is 0.0405. The summed E-state index contributed by atoms with van der Waals surface area (Å²) in [7, 11) is 1.37. The average molecular weight is 488 g/mol. The van der Waals surface area contributed by atoms with Gasteiger partial charge in [-0.05, 0) is 52.9 Å². The zero-order chi connectivity index (χ0) is 24.6. The van der Waals surface area contributed by atoms with E-state index in [1.54, 1.807) is 6.07 Å². The van der Waals surface area contributed by atoms with E-state index in [0.717, 1.165) is 11.3 Å². The zero-order valence-electron chi connectivity index (χ0n) is 19.2. The molecule has 5 aromatic rings. The highest BCUT2D eigenvalue weighted by Crippen LogP contribution is 2.39. The largest absolute Gasteiger partial charge is 0.494 e. The van der Waals surface area contributed by atoms with Gasteiger partial charge in [-0.2, -0.15) is 0 Å². The summed E-state index contributed by atoms with van der Waals surface area (Å²) in [5.74, 6) is -0.425. The van der Waals surface area contributed by atoms with Crippen LogP contribution in [0.1, 0.15) is 46.1 Å². The number of carbonyl (C=O) groups excluding carboxylic acids is 1. The first-order valence-corrected chi connectivity index (χ1v) is 11.3. The molecule has 0 saturated heterocycles. The molecule has 0 bridgehead atoms. The second-order valence-electron chi connectivity index (χ2n) is 8.55. The standard InChI is InChI=1S/C23H21FN10O2/c1-36-20-6-5-19(34-13-26-29-31-34)17(22(20)24)8-25-23(35)18-12-33(30-28-18)11-16-10-32-9-15(14-2-3-14)4-7-21(32)27-16/h4-7,9-10,12-14H,2-3,8,11H2,1H3,(H,25,35). The van der Waals surface area contributed by atoms with E-state index in [1.807, 2.05) is 16.7 Å². The van der Waals surface area contributed by atoms with Gasteiger partial charge in [-0.1, -0.05) is 11.3 Å². The number of pyridine rings is 1. The van der Waals surface area contributed by atoms with E-state index >= 15 is 0 Å². The Labute approximate surface area is 203 Å². The first kappa shape index (κ1) is 21.8. The van der Waals surface area contributed by atoms with Crippen LogP contribution in [0.15, 0.2) is 49.2 Å². The highest BCUT2D eigenvalue weighted by Gasteiger charge is 2.24. The number of benzene rings is 1. The molecule has 0 radical (unpaired) electrons. The Hall–Kier alpha value is -4.68. The Balaban J connectivity index is 1.16. The molecular formula is C23H21FN10O2. The lowest BCUT2D eigenvalue weighted by Crippen LogP contribution is -2.25. The second kappa shape index (κ2) is 8.83. The van der Waals surface area contributed by atoms with Gasteiger partial charge in [0.2, 0.25) is 0 Å². The van der Waals surface area contributed by atoms with Crippen LogP contribution in [0.5, 0.6) is 5.75 Å². The maximum atomic E-state index is 15.0. The zero-order valence-corrected chi connectivity index (χ0v) is 19.2. The van der Waals surface area contributed by atoms with Crippen molar-refractivity contribution in [1.29, 1.82) is 0 Å². The van der Waals surface area contributed by atoms with E-state index in [9.17, 15) is 9.18 Å². The summed E-state index contributed by atoms with van der Waals surface area (Å²) in [5.41, 5.74) is 3.61. The number of carbonyl (C=O) groups is 1. The molecule has 6 rings (SSSR count).